The van der Waals surface area contributed by atoms with Crippen LogP contribution in [0.3, 0.4) is 0 Å². The van der Waals surface area contributed by atoms with Crippen LogP contribution in [0.4, 0.5) is 0 Å². The standard InChI is InChI=1S/C38H48N4O4/c39-37(46)38(28-14-8-6-9-15-28,29-16-10-7-11-17-29)30-22-25-42(27-30)24-13-5-3-1-2-4-12-23-40-26-34(44)31-18-20-33(43)36-32(31)19-21-35(45)41-36/h6-11,14-21,30,34,40,43-44H,1-5,12-13,22-27H2,(H2,39,46)(H,41,45)/t30-,34+/m1/s1. The number of hydrogen-bond donors (Lipinski definition) is 5. The molecule has 244 valence electrons. The molecule has 0 radical (unpaired) electrons. The number of aromatic nitrogens is 1. The molecule has 5 rings (SSSR count). The lowest BCUT2D eigenvalue weighted by atomic mass is 9.64. The number of nitrogens with one attached hydrogen (secondary N) is 2. The summed E-state index contributed by atoms with van der Waals surface area (Å²) in [5.74, 6) is -0.140. The van der Waals surface area contributed by atoms with Crippen LogP contribution in [0, 0.1) is 5.92 Å². The molecule has 1 aliphatic rings. The van der Waals surface area contributed by atoms with E-state index < -0.39 is 11.5 Å². The van der Waals surface area contributed by atoms with Crippen LogP contribution < -0.4 is 16.6 Å². The number of carbonyl (C=O) groups excluding carboxylic acids is 1. The number of nitrogens with zero attached hydrogens (tertiary/aromatic N) is 1. The number of phenols is 1. The normalized spacial score (nSPS) is 16.2. The first-order valence-electron chi connectivity index (χ1n) is 16.8. The SMILES string of the molecule is NC(=O)C(c1ccccc1)(c1ccccc1)[C@@H]1CCN(CCCCCCCCCNC[C@H](O)c2ccc(O)c3[nH]c(=O)ccc23)C1. The van der Waals surface area contributed by atoms with Crippen molar-refractivity contribution in [2.45, 2.75) is 62.9 Å². The highest BCUT2D eigenvalue weighted by atomic mass is 16.3. The number of unbranched alkanes of at least 4 members (excludes halogenated alkanes) is 6. The van der Waals surface area contributed by atoms with E-state index in [1.807, 2.05) is 60.7 Å². The van der Waals surface area contributed by atoms with Gasteiger partial charge in [0.1, 0.15) is 11.2 Å². The number of nitrogens with two attached hydrogens (primary N) is 1. The monoisotopic (exact) mass is 624 g/mol. The molecule has 1 aromatic heterocycles. The van der Waals surface area contributed by atoms with Crippen molar-refractivity contribution in [3.8, 4) is 5.75 Å². The minimum atomic E-state index is -0.828. The van der Waals surface area contributed by atoms with Crippen LogP contribution in [-0.4, -0.2) is 58.7 Å². The van der Waals surface area contributed by atoms with Gasteiger partial charge in [0.2, 0.25) is 11.5 Å². The molecule has 3 aromatic carbocycles. The molecule has 8 nitrogen and oxygen atoms in total. The number of aromatic amines is 1. The summed E-state index contributed by atoms with van der Waals surface area (Å²) in [6, 6.07) is 26.4. The summed E-state index contributed by atoms with van der Waals surface area (Å²) in [6.45, 7) is 4.15. The molecule has 1 saturated heterocycles. The Morgan fingerprint density at radius 2 is 1.52 bits per heavy atom. The number of rotatable bonds is 17. The van der Waals surface area contributed by atoms with Gasteiger partial charge < -0.3 is 31.1 Å². The Balaban J connectivity index is 0.981. The van der Waals surface area contributed by atoms with Gasteiger partial charge in [-0.25, -0.2) is 0 Å². The fourth-order valence-corrected chi connectivity index (χ4v) is 7.28. The molecule has 6 N–H and O–H groups in total. The number of aliphatic hydroxyl groups excluding tert-OH is 1. The van der Waals surface area contributed by atoms with Gasteiger partial charge in [0, 0.05) is 24.5 Å². The number of phenolic OH excluding ortho intramolecular Hbond substituents is 1. The van der Waals surface area contributed by atoms with Crippen molar-refractivity contribution in [3.05, 3.63) is 112 Å². The Hall–Kier alpha value is -3.98. The summed E-state index contributed by atoms with van der Waals surface area (Å²) < 4.78 is 0. The molecular formula is C38H48N4O4. The van der Waals surface area contributed by atoms with Crippen molar-refractivity contribution in [2.24, 2.45) is 11.7 Å². The average molecular weight is 625 g/mol. The topological polar surface area (TPSA) is 132 Å². The number of aromatic hydroxyl groups is 1. The van der Waals surface area contributed by atoms with Gasteiger partial charge in [-0.1, -0.05) is 98.8 Å². The van der Waals surface area contributed by atoms with E-state index in [0.717, 1.165) is 63.0 Å². The Labute approximate surface area is 271 Å². The number of aliphatic hydroxyl groups is 1. The van der Waals surface area contributed by atoms with Gasteiger partial charge in [-0.2, -0.15) is 0 Å². The molecule has 2 atom stereocenters. The van der Waals surface area contributed by atoms with Gasteiger partial charge in [0.25, 0.3) is 0 Å². The first kappa shape index (κ1) is 33.4. The molecule has 0 bridgehead atoms. The van der Waals surface area contributed by atoms with Gasteiger partial charge in [0.05, 0.1) is 11.6 Å². The zero-order valence-corrected chi connectivity index (χ0v) is 26.7. The summed E-state index contributed by atoms with van der Waals surface area (Å²) in [6.07, 6.45) is 8.41. The van der Waals surface area contributed by atoms with Crippen LogP contribution >= 0.6 is 0 Å². The van der Waals surface area contributed by atoms with Crippen LogP contribution in [-0.2, 0) is 10.2 Å². The van der Waals surface area contributed by atoms with Crippen molar-refractivity contribution in [3.63, 3.8) is 0 Å². The maximum atomic E-state index is 13.3. The predicted molar refractivity (Wildman–Crippen MR) is 184 cm³/mol. The highest BCUT2D eigenvalue weighted by molar-refractivity contribution is 5.91. The zero-order chi connectivity index (χ0) is 32.4. The number of hydrogen-bond acceptors (Lipinski definition) is 6. The Morgan fingerprint density at radius 1 is 0.891 bits per heavy atom. The van der Waals surface area contributed by atoms with Gasteiger partial charge in [-0.3, -0.25) is 9.59 Å². The third-order valence-corrected chi connectivity index (χ3v) is 9.66. The first-order valence-corrected chi connectivity index (χ1v) is 16.8. The number of H-pyrrole nitrogens is 1. The molecule has 4 aromatic rings. The second kappa shape index (κ2) is 16.0. The second-order valence-corrected chi connectivity index (χ2v) is 12.7. The molecule has 46 heavy (non-hydrogen) atoms. The molecule has 0 unspecified atom stereocenters. The van der Waals surface area contributed by atoms with Crippen molar-refractivity contribution in [1.29, 1.82) is 0 Å². The van der Waals surface area contributed by atoms with E-state index in [1.165, 1.54) is 37.8 Å². The van der Waals surface area contributed by atoms with Crippen LogP contribution in [0.5, 0.6) is 5.75 Å². The van der Waals surface area contributed by atoms with E-state index in [0.29, 0.717) is 23.0 Å². The van der Waals surface area contributed by atoms with Gasteiger partial charge in [-0.15, -0.1) is 0 Å². The third kappa shape index (κ3) is 7.69. The van der Waals surface area contributed by atoms with Crippen LogP contribution in [0.15, 0.2) is 89.7 Å². The predicted octanol–water partition coefficient (Wildman–Crippen LogP) is 5.38. The second-order valence-electron chi connectivity index (χ2n) is 12.7. The lowest BCUT2D eigenvalue weighted by molar-refractivity contribution is -0.123. The molecule has 0 aliphatic carbocycles. The van der Waals surface area contributed by atoms with Gasteiger partial charge in [-0.05, 0) is 73.6 Å². The molecule has 1 aliphatic heterocycles. The molecular weight excluding hydrogens is 576 g/mol. The highest BCUT2D eigenvalue weighted by Crippen LogP contribution is 2.43. The van der Waals surface area contributed by atoms with Crippen LogP contribution in [0.1, 0.15) is 74.2 Å². The summed E-state index contributed by atoms with van der Waals surface area (Å²) >= 11 is 0. The Bertz CT molecular complexity index is 1570. The summed E-state index contributed by atoms with van der Waals surface area (Å²) in [4.78, 5) is 30.1. The molecule has 0 saturated carbocycles. The average Bonchev–Trinajstić information content (AvgIpc) is 3.54. The van der Waals surface area contributed by atoms with Crippen molar-refractivity contribution in [2.75, 3.05) is 32.7 Å². The lowest BCUT2D eigenvalue weighted by Crippen LogP contribution is -2.49. The highest BCUT2D eigenvalue weighted by Gasteiger charge is 2.49. The smallest absolute Gasteiger partial charge is 0.248 e. The molecule has 0 spiro atoms. The van der Waals surface area contributed by atoms with Gasteiger partial charge >= 0.3 is 0 Å². The minimum Gasteiger partial charge on any atom is -0.506 e. The molecule has 1 fully saturated rings. The van der Waals surface area contributed by atoms with E-state index in [1.54, 1.807) is 12.1 Å². The van der Waals surface area contributed by atoms with E-state index in [4.69, 9.17) is 5.73 Å². The number of pyridine rings is 1. The Morgan fingerprint density at radius 3 is 2.17 bits per heavy atom. The van der Waals surface area contributed by atoms with Crippen molar-refractivity contribution < 1.29 is 15.0 Å². The number of likely N-dealkylation sites (tertiary alicyclic amines) is 1. The number of benzene rings is 3. The zero-order valence-electron chi connectivity index (χ0n) is 26.7. The summed E-state index contributed by atoms with van der Waals surface area (Å²) in [5, 5.41) is 24.7. The molecule has 1 amide bonds. The third-order valence-electron chi connectivity index (χ3n) is 9.66. The maximum absolute atomic E-state index is 13.3. The summed E-state index contributed by atoms with van der Waals surface area (Å²) in [7, 11) is 0. The van der Waals surface area contributed by atoms with Crippen molar-refractivity contribution in [1.82, 2.24) is 15.2 Å². The van der Waals surface area contributed by atoms with Crippen molar-refractivity contribution >= 4 is 16.8 Å². The van der Waals surface area contributed by atoms with E-state index >= 15 is 0 Å². The lowest BCUT2D eigenvalue weighted by Gasteiger charge is -2.37. The van der Waals surface area contributed by atoms with Crippen LogP contribution in [0.2, 0.25) is 0 Å². The van der Waals surface area contributed by atoms with E-state index in [2.05, 4.69) is 15.2 Å². The molecule has 2 heterocycles. The van der Waals surface area contributed by atoms with E-state index in [9.17, 15) is 19.8 Å². The fraction of sp³-hybridized carbons (Fsp3) is 0.421. The molecule has 8 heteroatoms. The number of primary amides is 1. The largest absolute Gasteiger partial charge is 0.506 e. The van der Waals surface area contributed by atoms with E-state index in [-0.39, 0.29) is 23.1 Å². The quantitative estimate of drug-likeness (QED) is 0.100. The number of amides is 1. The Kier molecular flexibility index (Phi) is 11.6. The number of fused-ring (bicyclic) bond motifs is 1. The van der Waals surface area contributed by atoms with Gasteiger partial charge in [0.15, 0.2) is 0 Å². The first-order chi connectivity index (χ1) is 22.4. The summed E-state index contributed by atoms with van der Waals surface area (Å²) in [5.41, 5.74) is 8.12. The fourth-order valence-electron chi connectivity index (χ4n) is 7.28. The minimum absolute atomic E-state index is 0.00442. The number of carbonyl (C=O) groups is 1. The maximum Gasteiger partial charge on any atom is 0.248 e. The van der Waals surface area contributed by atoms with Crippen LogP contribution in [0.25, 0.3) is 10.9 Å².